The molecule has 120 valence electrons. The molecule has 2 N–H and O–H groups in total. The highest BCUT2D eigenvalue weighted by Gasteiger charge is 2.21. The lowest BCUT2D eigenvalue weighted by Gasteiger charge is -2.27. The van der Waals surface area contributed by atoms with E-state index < -0.39 is 83.1 Å². The van der Waals surface area contributed by atoms with Crippen molar-refractivity contribution < 1.29 is 42.0 Å². The molecule has 0 aliphatic carbocycles. The third-order valence-electron chi connectivity index (χ3n) is 1.81. The molecule has 0 unspecified atom stereocenters. The molecule has 1 aromatic heterocycles. The van der Waals surface area contributed by atoms with Crippen molar-refractivity contribution in [2.45, 2.75) is 32.2 Å². The fourth-order valence-electron chi connectivity index (χ4n) is 1.04. The van der Waals surface area contributed by atoms with Gasteiger partial charge in [-0.2, -0.15) is 4.37 Å². The van der Waals surface area contributed by atoms with Gasteiger partial charge >= 0.3 is 0 Å². The van der Waals surface area contributed by atoms with Crippen LogP contribution >= 0.6 is 11.7 Å². The summed E-state index contributed by atoms with van der Waals surface area (Å²) in [6.07, 6.45) is -3.74. The van der Waals surface area contributed by atoms with Gasteiger partial charge in [0.1, 0.15) is 12.7 Å². The fourth-order valence-corrected chi connectivity index (χ4v) is 1.52. The Morgan fingerprint density at radius 3 is 3.10 bits per heavy atom. The van der Waals surface area contributed by atoms with Gasteiger partial charge in [0.2, 0.25) is 5.82 Å². The first kappa shape index (κ1) is 4.31. The minimum Gasteiger partial charge on any atom is -0.472 e. The molecular formula is C13H24N4O3S. The normalized spacial score (nSPS) is 45.5. The Hall–Kier alpha value is -0.960. The van der Waals surface area contributed by atoms with Crippen LogP contribution in [0.1, 0.15) is 48.0 Å². The van der Waals surface area contributed by atoms with Gasteiger partial charge in [-0.1, -0.05) is 0 Å². The summed E-state index contributed by atoms with van der Waals surface area (Å²) in [5.41, 5.74) is -4.02. The van der Waals surface area contributed by atoms with Crippen LogP contribution in [0.3, 0.4) is 0 Å². The average molecular weight is 337 g/mol. The van der Waals surface area contributed by atoms with Gasteiger partial charge in [-0.25, -0.2) is 0 Å². The molecule has 1 saturated heterocycles. The molecule has 2 rings (SSSR count). The van der Waals surface area contributed by atoms with E-state index in [1.165, 1.54) is 5.32 Å². The van der Waals surface area contributed by atoms with E-state index in [0.29, 0.717) is 0 Å². The number of rotatable bonds is 6. The van der Waals surface area contributed by atoms with Gasteiger partial charge in [-0.3, -0.25) is 0 Å². The molecule has 1 atom stereocenters. The lowest BCUT2D eigenvalue weighted by atomic mass is 10.1. The van der Waals surface area contributed by atoms with Crippen molar-refractivity contribution in [1.29, 1.82) is 0 Å². The Labute approximate surface area is 157 Å². The first-order valence-corrected chi connectivity index (χ1v) is 5.94. The third-order valence-corrected chi connectivity index (χ3v) is 2.31. The second kappa shape index (κ2) is 7.35. The summed E-state index contributed by atoms with van der Waals surface area (Å²) in [5, 5.41) is 11.9. The zero-order valence-corrected chi connectivity index (χ0v) is 11.0. The molecule has 0 aromatic carbocycles. The molecule has 8 heteroatoms. The molecule has 1 aliphatic heterocycles. The van der Waals surface area contributed by atoms with Gasteiger partial charge in [0.25, 0.3) is 5.88 Å². The smallest absolute Gasteiger partial charge is 0.270 e. The minimum absolute atomic E-state index is 0.152. The molecule has 1 aliphatic rings. The Bertz CT molecular complexity index is 1050. The van der Waals surface area contributed by atoms with E-state index in [4.69, 9.17) is 32.2 Å². The number of ether oxygens (including phenoxy) is 2. The van der Waals surface area contributed by atoms with Gasteiger partial charge in [0, 0.05) is 40.1 Å². The molecular weight excluding hydrogens is 292 g/mol. The SMILES string of the molecule is [2H]C([2H])([2H])C(NC([2H])([2H])[C@@]([2H])(O)COc1nsnc1N1C([2H])([2H])C([2H])([2H])OC([2H])([2H])C1([2H])[2H])(C([2H])([2H])[2H])C([2H])([2H])[2H]. The van der Waals surface area contributed by atoms with Gasteiger partial charge in [0.15, 0.2) is 0 Å². The van der Waals surface area contributed by atoms with Gasteiger partial charge in [0.05, 0.1) is 37.2 Å². The number of β-amino-alcohol motifs (C(OH)–C–C–N with tert-alkyl or cyclic N) is 1. The Kier molecular flexibility index (Phi) is 1.51. The number of morpholine rings is 1. The van der Waals surface area contributed by atoms with Gasteiger partial charge < -0.3 is 24.8 Å². The van der Waals surface area contributed by atoms with Gasteiger partial charge in [-0.15, -0.1) is 4.37 Å². The molecule has 1 fully saturated rings. The topological polar surface area (TPSA) is 79.7 Å². The number of hydrogen-bond acceptors (Lipinski definition) is 8. The highest BCUT2D eigenvalue weighted by Crippen LogP contribution is 2.26. The maximum atomic E-state index is 10.6. The molecule has 21 heavy (non-hydrogen) atoms. The number of aliphatic hydroxyl groups is 1. The van der Waals surface area contributed by atoms with Gasteiger partial charge in [-0.05, 0) is 20.6 Å². The monoisotopic (exact) mass is 336 g/mol. The summed E-state index contributed by atoms with van der Waals surface area (Å²) in [6, 6.07) is 0. The van der Waals surface area contributed by atoms with Crippen molar-refractivity contribution in [3.05, 3.63) is 0 Å². The maximum Gasteiger partial charge on any atom is 0.270 e. The Morgan fingerprint density at radius 1 is 1.62 bits per heavy atom. The molecule has 2 heterocycles. The molecule has 0 bridgehead atoms. The third kappa shape index (κ3) is 5.39. The predicted octanol–water partition coefficient (Wildman–Crippen LogP) is 0.502. The Morgan fingerprint density at radius 2 is 2.38 bits per heavy atom. The van der Waals surface area contributed by atoms with Crippen LogP contribution in [-0.2, 0) is 4.74 Å². The maximum absolute atomic E-state index is 10.6. The van der Waals surface area contributed by atoms with Crippen LogP contribution < -0.4 is 15.0 Å². The molecule has 0 saturated carbocycles. The lowest BCUT2D eigenvalue weighted by Crippen LogP contribution is -2.42. The average Bonchev–Trinajstić information content (AvgIpc) is 3.13. The van der Waals surface area contributed by atoms with Crippen LogP contribution in [0.25, 0.3) is 0 Å². The van der Waals surface area contributed by atoms with Crippen LogP contribution in [0, 0.1) is 0 Å². The second-order valence-electron chi connectivity index (χ2n) is 3.49. The number of aromatic nitrogens is 2. The van der Waals surface area contributed by atoms with Crippen LogP contribution in [0.15, 0.2) is 0 Å². The number of anilines is 1. The van der Waals surface area contributed by atoms with E-state index in [1.54, 1.807) is 0 Å². The predicted molar refractivity (Wildman–Crippen MR) is 82.2 cm³/mol. The van der Waals surface area contributed by atoms with Crippen molar-refractivity contribution in [2.75, 3.05) is 44.1 Å². The van der Waals surface area contributed by atoms with Crippen LogP contribution in [-0.4, -0.2) is 64.7 Å². The minimum atomic E-state index is -4.02. The van der Waals surface area contributed by atoms with E-state index >= 15 is 0 Å². The van der Waals surface area contributed by atoms with E-state index in [0.717, 1.165) is 0 Å². The molecule has 1 aromatic rings. The summed E-state index contributed by atoms with van der Waals surface area (Å²) in [7, 11) is 0. The first-order valence-electron chi connectivity index (χ1n) is 15.2. The van der Waals surface area contributed by atoms with Crippen LogP contribution in [0.5, 0.6) is 5.88 Å². The highest BCUT2D eigenvalue weighted by atomic mass is 32.1. The Balaban J connectivity index is 2.52. The summed E-state index contributed by atoms with van der Waals surface area (Å²) in [6.45, 7) is -31.5. The molecule has 7 nitrogen and oxygen atoms in total. The van der Waals surface area contributed by atoms with E-state index in [1.807, 2.05) is 0 Å². The van der Waals surface area contributed by atoms with E-state index in [9.17, 15) is 5.11 Å². The second-order valence-corrected chi connectivity index (χ2v) is 4.02. The highest BCUT2D eigenvalue weighted by molar-refractivity contribution is 6.99. The van der Waals surface area contributed by atoms with E-state index in [-0.39, 0.29) is 16.6 Å². The first-order chi connectivity index (χ1) is 17.7. The summed E-state index contributed by atoms with van der Waals surface area (Å²) < 4.78 is 172. The van der Waals surface area contributed by atoms with Crippen molar-refractivity contribution in [1.82, 2.24) is 14.1 Å². The number of nitrogens with zero attached hydrogens (tertiary/aromatic N) is 3. The molecule has 0 amide bonds. The fraction of sp³-hybridized carbons (Fsp3) is 0.846. The van der Waals surface area contributed by atoms with Crippen molar-refractivity contribution in [3.8, 4) is 5.88 Å². The van der Waals surface area contributed by atoms with Crippen molar-refractivity contribution in [3.63, 3.8) is 0 Å². The van der Waals surface area contributed by atoms with Crippen molar-refractivity contribution >= 4 is 17.5 Å². The summed E-state index contributed by atoms with van der Waals surface area (Å²) in [4.78, 5) is -0.152. The lowest BCUT2D eigenvalue weighted by molar-refractivity contribution is 0.0975. The van der Waals surface area contributed by atoms with Crippen molar-refractivity contribution in [2.24, 2.45) is 0 Å². The molecule has 0 radical (unpaired) electrons. The van der Waals surface area contributed by atoms with Crippen LogP contribution in [0.4, 0.5) is 5.82 Å². The zero-order valence-electron chi connectivity index (χ0n) is 30.2. The van der Waals surface area contributed by atoms with Crippen LogP contribution in [0.2, 0.25) is 0 Å². The standard InChI is InChI=1S/C13H24N4O3S/c1-13(2,3)14-8-10(18)9-20-12-11(15-21-16-12)17-4-6-19-7-5-17/h10,14,18H,4-9H2,1-3H3/t10-/m1/s1/i1D3,2D3,3D3,4D2,5D2,6D2,7D2,8D2,10D. The molecule has 0 spiro atoms. The quantitative estimate of drug-likeness (QED) is 0.783. The summed E-state index contributed by atoms with van der Waals surface area (Å²) >= 11 is 0.179. The van der Waals surface area contributed by atoms with E-state index in [2.05, 4.69) is 13.5 Å². The number of hydrogen-bond donors (Lipinski definition) is 2. The number of nitrogens with one attached hydrogen (secondary N) is 1. The zero-order chi connectivity index (χ0) is 32.7. The summed E-state index contributed by atoms with van der Waals surface area (Å²) in [5.74, 6) is -2.02. The largest absolute Gasteiger partial charge is 0.472 e.